The van der Waals surface area contributed by atoms with E-state index in [1.807, 2.05) is 5.38 Å². The van der Waals surface area contributed by atoms with Gasteiger partial charge in [-0.3, -0.25) is 0 Å². The minimum Gasteiger partial charge on any atom is -0.379 e. The van der Waals surface area contributed by atoms with Crippen LogP contribution in [0.25, 0.3) is 0 Å². The van der Waals surface area contributed by atoms with Gasteiger partial charge in [0.1, 0.15) is 6.10 Å². The Morgan fingerprint density at radius 2 is 2.29 bits per heavy atom. The molecular formula is C4H4Cl2O. The lowest BCUT2D eigenvalue weighted by molar-refractivity contribution is 0.256. The molecule has 0 spiro atoms. The van der Waals surface area contributed by atoms with Gasteiger partial charge < -0.3 is 5.11 Å². The first-order valence-electron chi connectivity index (χ1n) is 1.66. The van der Waals surface area contributed by atoms with Gasteiger partial charge in [0.05, 0.1) is 5.88 Å². The Hall–Kier alpha value is 0.100. The number of rotatable bonds is 1. The summed E-state index contributed by atoms with van der Waals surface area (Å²) < 4.78 is 0. The van der Waals surface area contributed by atoms with Crippen LogP contribution in [0.5, 0.6) is 0 Å². The molecule has 0 bridgehead atoms. The molecule has 0 aliphatic carbocycles. The Kier molecular flexibility index (Phi) is 4.32. The monoisotopic (exact) mass is 138 g/mol. The highest BCUT2D eigenvalue weighted by Gasteiger charge is 1.90. The van der Waals surface area contributed by atoms with Crippen molar-refractivity contribution in [3.63, 3.8) is 0 Å². The minimum atomic E-state index is -0.779. The summed E-state index contributed by atoms with van der Waals surface area (Å²) in [5, 5.41) is 10.5. The number of hydrogen-bond acceptors (Lipinski definition) is 1. The van der Waals surface area contributed by atoms with Gasteiger partial charge in [0, 0.05) is 5.38 Å². The van der Waals surface area contributed by atoms with Crippen molar-refractivity contribution >= 4 is 23.2 Å². The molecule has 0 heterocycles. The number of aliphatic hydroxyl groups is 1. The first-order chi connectivity index (χ1) is 3.31. The molecule has 1 unspecified atom stereocenters. The molecule has 0 rings (SSSR count). The molecule has 0 aromatic carbocycles. The fraction of sp³-hybridized carbons (Fsp3) is 0.500. The van der Waals surface area contributed by atoms with Gasteiger partial charge in [-0.2, -0.15) is 0 Å². The summed E-state index contributed by atoms with van der Waals surface area (Å²) in [5.74, 6) is 2.35. The summed E-state index contributed by atoms with van der Waals surface area (Å²) in [6.45, 7) is 0. The van der Waals surface area contributed by atoms with Crippen molar-refractivity contribution in [2.45, 2.75) is 6.10 Å². The van der Waals surface area contributed by atoms with Gasteiger partial charge in [0.15, 0.2) is 0 Å². The quantitative estimate of drug-likeness (QED) is 0.420. The van der Waals surface area contributed by atoms with Crippen LogP contribution in [0, 0.1) is 11.3 Å². The lowest BCUT2D eigenvalue weighted by Gasteiger charge is -1.89. The van der Waals surface area contributed by atoms with Crippen molar-refractivity contribution in [2.24, 2.45) is 0 Å². The van der Waals surface area contributed by atoms with Crippen molar-refractivity contribution in [2.75, 3.05) is 5.88 Å². The van der Waals surface area contributed by atoms with Crippen molar-refractivity contribution in [3.05, 3.63) is 0 Å². The van der Waals surface area contributed by atoms with Crippen LogP contribution in [0.1, 0.15) is 0 Å². The fourth-order valence-electron chi connectivity index (χ4n) is 0.102. The standard InChI is InChI=1S/C4H4Cl2O/c5-2-1-4(7)3-6/h4,7H,3H2. The lowest BCUT2D eigenvalue weighted by Crippen LogP contribution is -2.02. The average Bonchev–Trinajstić information content (AvgIpc) is 1.68. The molecule has 0 aliphatic rings. The maximum Gasteiger partial charge on any atom is 0.129 e. The molecule has 0 aromatic heterocycles. The molecule has 0 saturated carbocycles. The Morgan fingerprint density at radius 1 is 1.71 bits per heavy atom. The van der Waals surface area contributed by atoms with Crippen molar-refractivity contribution in [3.8, 4) is 11.3 Å². The SMILES string of the molecule is OC(C#CCl)CCl. The molecule has 1 N–H and O–H groups in total. The predicted molar refractivity (Wildman–Crippen MR) is 30.4 cm³/mol. The minimum absolute atomic E-state index is 0.111. The zero-order valence-electron chi connectivity index (χ0n) is 3.49. The Labute approximate surface area is 52.2 Å². The van der Waals surface area contributed by atoms with Crippen LogP contribution in [0.3, 0.4) is 0 Å². The number of alkyl halides is 1. The van der Waals surface area contributed by atoms with Crippen LogP contribution >= 0.6 is 23.2 Å². The van der Waals surface area contributed by atoms with E-state index < -0.39 is 6.10 Å². The lowest BCUT2D eigenvalue weighted by atomic mass is 10.4. The van der Waals surface area contributed by atoms with E-state index in [0.29, 0.717) is 0 Å². The van der Waals surface area contributed by atoms with E-state index >= 15 is 0 Å². The Morgan fingerprint density at radius 3 is 2.43 bits per heavy atom. The largest absolute Gasteiger partial charge is 0.379 e. The smallest absolute Gasteiger partial charge is 0.129 e. The zero-order chi connectivity index (χ0) is 5.70. The molecule has 40 valence electrons. The predicted octanol–water partition coefficient (Wildman–Crippen LogP) is 0.786. The molecule has 1 nitrogen and oxygen atoms in total. The Balaban J connectivity index is 3.29. The van der Waals surface area contributed by atoms with E-state index in [9.17, 15) is 0 Å². The van der Waals surface area contributed by atoms with Gasteiger partial charge in [-0.25, -0.2) is 0 Å². The Bertz CT molecular complexity index is 91.6. The van der Waals surface area contributed by atoms with Crippen molar-refractivity contribution in [1.29, 1.82) is 0 Å². The maximum absolute atomic E-state index is 8.47. The van der Waals surface area contributed by atoms with Crippen LogP contribution in [0.4, 0.5) is 0 Å². The number of halogens is 2. The van der Waals surface area contributed by atoms with Gasteiger partial charge in [-0.1, -0.05) is 5.92 Å². The second-order valence-electron chi connectivity index (χ2n) is 0.909. The summed E-state index contributed by atoms with van der Waals surface area (Å²) in [5.41, 5.74) is 0. The molecule has 0 saturated heterocycles. The molecule has 0 radical (unpaired) electrons. The summed E-state index contributed by atoms with van der Waals surface area (Å²) in [6.07, 6.45) is -0.779. The van der Waals surface area contributed by atoms with Crippen LogP contribution in [0.15, 0.2) is 0 Å². The fourth-order valence-corrected chi connectivity index (χ4v) is 0.305. The zero-order valence-corrected chi connectivity index (χ0v) is 5.00. The average molecular weight is 139 g/mol. The molecule has 0 aromatic rings. The van der Waals surface area contributed by atoms with E-state index in [2.05, 4.69) is 5.92 Å². The summed E-state index contributed by atoms with van der Waals surface area (Å²) in [4.78, 5) is 0. The molecule has 7 heavy (non-hydrogen) atoms. The second-order valence-corrected chi connectivity index (χ2v) is 1.41. The maximum atomic E-state index is 8.47. The summed E-state index contributed by atoms with van der Waals surface area (Å²) in [6, 6.07) is 0. The second kappa shape index (κ2) is 4.26. The van der Waals surface area contributed by atoms with E-state index in [0.717, 1.165) is 0 Å². The number of aliphatic hydroxyl groups excluding tert-OH is 1. The van der Waals surface area contributed by atoms with Crippen molar-refractivity contribution in [1.82, 2.24) is 0 Å². The van der Waals surface area contributed by atoms with Crippen LogP contribution in [0.2, 0.25) is 0 Å². The van der Waals surface area contributed by atoms with Gasteiger partial charge >= 0.3 is 0 Å². The van der Waals surface area contributed by atoms with Crippen LogP contribution in [-0.2, 0) is 0 Å². The first kappa shape index (κ1) is 7.10. The van der Waals surface area contributed by atoms with Crippen LogP contribution < -0.4 is 0 Å². The summed E-state index contributed by atoms with van der Waals surface area (Å²) >= 11 is 10.0. The third-order valence-corrected chi connectivity index (χ3v) is 0.769. The van der Waals surface area contributed by atoms with Gasteiger partial charge in [0.25, 0.3) is 0 Å². The molecule has 3 heteroatoms. The first-order valence-corrected chi connectivity index (χ1v) is 2.57. The van der Waals surface area contributed by atoms with Crippen molar-refractivity contribution < 1.29 is 5.11 Å². The topological polar surface area (TPSA) is 20.2 Å². The molecular weight excluding hydrogens is 135 g/mol. The van der Waals surface area contributed by atoms with E-state index in [-0.39, 0.29) is 5.88 Å². The van der Waals surface area contributed by atoms with E-state index in [4.69, 9.17) is 28.3 Å². The highest BCUT2D eigenvalue weighted by Crippen LogP contribution is 1.83. The highest BCUT2D eigenvalue weighted by atomic mass is 35.5. The molecule has 0 aliphatic heterocycles. The highest BCUT2D eigenvalue weighted by molar-refractivity contribution is 6.30. The molecule has 0 amide bonds. The van der Waals surface area contributed by atoms with Gasteiger partial charge in [-0.15, -0.1) is 11.6 Å². The van der Waals surface area contributed by atoms with E-state index in [1.54, 1.807) is 0 Å². The van der Waals surface area contributed by atoms with E-state index in [1.165, 1.54) is 0 Å². The molecule has 1 atom stereocenters. The summed E-state index contributed by atoms with van der Waals surface area (Å²) in [7, 11) is 0. The molecule has 0 fully saturated rings. The van der Waals surface area contributed by atoms with Gasteiger partial charge in [0.2, 0.25) is 0 Å². The normalized spacial score (nSPS) is 11.9. The third kappa shape index (κ3) is 3.94. The third-order valence-electron chi connectivity index (χ3n) is 0.367. The van der Waals surface area contributed by atoms with Gasteiger partial charge in [-0.05, 0) is 11.6 Å². The number of hydrogen-bond donors (Lipinski definition) is 1. The van der Waals surface area contributed by atoms with Crippen LogP contribution in [-0.4, -0.2) is 17.1 Å².